The van der Waals surface area contributed by atoms with Crippen LogP contribution in [0, 0.1) is 17.7 Å². The summed E-state index contributed by atoms with van der Waals surface area (Å²) < 4.78 is 18.7. The average Bonchev–Trinajstić information content (AvgIpc) is 2.36. The van der Waals surface area contributed by atoms with Gasteiger partial charge in [0.1, 0.15) is 0 Å². The summed E-state index contributed by atoms with van der Waals surface area (Å²) >= 11 is 0. The van der Waals surface area contributed by atoms with Crippen LogP contribution in [0.2, 0.25) is 0 Å². The Kier molecular flexibility index (Phi) is 7.12. The molecule has 1 unspecified atom stereocenters. The van der Waals surface area contributed by atoms with Crippen molar-refractivity contribution in [3.05, 3.63) is 29.6 Å². The fourth-order valence-corrected chi connectivity index (χ4v) is 2.55. The van der Waals surface area contributed by atoms with Gasteiger partial charge in [-0.3, -0.25) is 0 Å². The second kappa shape index (κ2) is 8.35. The summed E-state index contributed by atoms with van der Waals surface area (Å²) in [5.41, 5.74) is 7.07. The molecule has 0 aliphatic heterocycles. The Balaban J connectivity index is 2.75. The minimum absolute atomic E-state index is 0.192. The van der Waals surface area contributed by atoms with Crippen molar-refractivity contribution in [2.24, 2.45) is 17.6 Å². The van der Waals surface area contributed by atoms with Gasteiger partial charge in [0.2, 0.25) is 0 Å². The third-order valence-corrected chi connectivity index (χ3v) is 3.31. The molecule has 1 aromatic carbocycles. The Morgan fingerprint density at radius 2 is 1.67 bits per heavy atom. The maximum atomic E-state index is 13.8. The van der Waals surface area contributed by atoms with Gasteiger partial charge in [-0.1, -0.05) is 33.8 Å². The summed E-state index contributed by atoms with van der Waals surface area (Å²) in [6.45, 7) is 11.5. The summed E-state index contributed by atoms with van der Waals surface area (Å²) in [7, 11) is 1.46. The van der Waals surface area contributed by atoms with Gasteiger partial charge in [-0.2, -0.15) is 0 Å². The highest BCUT2D eigenvalue weighted by atomic mass is 19.1. The van der Waals surface area contributed by atoms with Crippen molar-refractivity contribution >= 4 is 0 Å². The van der Waals surface area contributed by atoms with E-state index in [0.717, 1.165) is 25.2 Å². The molecule has 0 bridgehead atoms. The first-order valence-corrected chi connectivity index (χ1v) is 7.64. The van der Waals surface area contributed by atoms with E-state index in [1.165, 1.54) is 13.2 Å². The Labute approximate surface area is 128 Å². The van der Waals surface area contributed by atoms with E-state index in [2.05, 4.69) is 32.6 Å². The molecule has 0 fully saturated rings. The van der Waals surface area contributed by atoms with Gasteiger partial charge in [0.25, 0.3) is 0 Å². The molecule has 0 spiro atoms. The van der Waals surface area contributed by atoms with Gasteiger partial charge < -0.3 is 15.4 Å². The van der Waals surface area contributed by atoms with E-state index in [9.17, 15) is 4.39 Å². The molecular formula is C17H29FN2O. The van der Waals surface area contributed by atoms with E-state index >= 15 is 0 Å². The van der Waals surface area contributed by atoms with Crippen molar-refractivity contribution in [2.45, 2.75) is 33.7 Å². The number of benzene rings is 1. The largest absolute Gasteiger partial charge is 0.494 e. The number of halogens is 1. The van der Waals surface area contributed by atoms with E-state index in [4.69, 9.17) is 10.5 Å². The molecule has 1 aromatic rings. The minimum Gasteiger partial charge on any atom is -0.494 e. The highest BCUT2D eigenvalue weighted by Crippen LogP contribution is 2.21. The van der Waals surface area contributed by atoms with Gasteiger partial charge in [-0.15, -0.1) is 0 Å². The highest BCUT2D eigenvalue weighted by Gasteiger charge is 2.16. The smallest absolute Gasteiger partial charge is 0.165 e. The number of methoxy groups -OCH3 is 1. The van der Waals surface area contributed by atoms with Crippen molar-refractivity contribution in [2.75, 3.05) is 26.7 Å². The lowest BCUT2D eigenvalue weighted by atomic mass is 10.0. The van der Waals surface area contributed by atoms with Crippen LogP contribution < -0.4 is 10.5 Å². The lowest BCUT2D eigenvalue weighted by Gasteiger charge is -2.29. The summed E-state index contributed by atoms with van der Waals surface area (Å²) in [5.74, 6) is 1.07. The maximum Gasteiger partial charge on any atom is 0.165 e. The zero-order valence-electron chi connectivity index (χ0n) is 13.9. The number of hydrogen-bond donors (Lipinski definition) is 1. The van der Waals surface area contributed by atoms with Crippen molar-refractivity contribution < 1.29 is 9.13 Å². The van der Waals surface area contributed by atoms with Crippen LogP contribution in [0.4, 0.5) is 4.39 Å². The number of ether oxygens (including phenoxy) is 1. The fourth-order valence-electron chi connectivity index (χ4n) is 2.55. The van der Waals surface area contributed by atoms with Crippen molar-refractivity contribution in [3.63, 3.8) is 0 Å². The third-order valence-electron chi connectivity index (χ3n) is 3.31. The van der Waals surface area contributed by atoms with Crippen LogP contribution in [-0.2, 0) is 0 Å². The van der Waals surface area contributed by atoms with Crippen LogP contribution in [0.25, 0.3) is 0 Å². The molecule has 120 valence electrons. The molecule has 4 heteroatoms. The first-order chi connectivity index (χ1) is 9.83. The van der Waals surface area contributed by atoms with E-state index in [1.54, 1.807) is 6.07 Å². The maximum absolute atomic E-state index is 13.8. The quantitative estimate of drug-likeness (QED) is 0.798. The van der Waals surface area contributed by atoms with Crippen LogP contribution in [0.5, 0.6) is 5.75 Å². The van der Waals surface area contributed by atoms with Gasteiger partial charge in [0.15, 0.2) is 11.6 Å². The summed E-state index contributed by atoms with van der Waals surface area (Å²) in [6.07, 6.45) is 0. The fraction of sp³-hybridized carbons (Fsp3) is 0.647. The van der Waals surface area contributed by atoms with E-state index < -0.39 is 0 Å². The minimum atomic E-state index is -0.357. The predicted octanol–water partition coefficient (Wildman–Crippen LogP) is 3.45. The second-order valence-electron chi connectivity index (χ2n) is 6.51. The topological polar surface area (TPSA) is 38.5 Å². The first-order valence-electron chi connectivity index (χ1n) is 7.64. The Morgan fingerprint density at radius 3 is 2.10 bits per heavy atom. The molecule has 0 radical (unpaired) electrons. The zero-order chi connectivity index (χ0) is 16.0. The molecule has 0 amide bonds. The molecule has 0 saturated carbocycles. The standard InChI is InChI=1S/C17H29FN2O/c1-12(2)9-20(10-13(3)4)11-16(19)14-6-7-17(21-5)15(18)8-14/h6-8,12-13,16H,9-11,19H2,1-5H3. The molecular weight excluding hydrogens is 267 g/mol. The molecule has 0 aliphatic carbocycles. The normalized spacial score (nSPS) is 13.2. The number of nitrogens with zero attached hydrogens (tertiary/aromatic N) is 1. The molecule has 2 N–H and O–H groups in total. The van der Waals surface area contributed by atoms with Crippen LogP contribution >= 0.6 is 0 Å². The molecule has 0 heterocycles. The molecule has 1 rings (SSSR count). The molecule has 21 heavy (non-hydrogen) atoms. The average molecular weight is 296 g/mol. The molecule has 0 aliphatic rings. The SMILES string of the molecule is COc1ccc(C(N)CN(CC(C)C)CC(C)C)cc1F. The van der Waals surface area contributed by atoms with Crippen LogP contribution in [0.1, 0.15) is 39.3 Å². The Bertz CT molecular complexity index is 425. The predicted molar refractivity (Wildman–Crippen MR) is 86.0 cm³/mol. The van der Waals surface area contributed by atoms with Gasteiger partial charge in [-0.05, 0) is 29.5 Å². The molecule has 0 saturated heterocycles. The number of hydrogen-bond acceptors (Lipinski definition) is 3. The second-order valence-corrected chi connectivity index (χ2v) is 6.51. The first kappa shape index (κ1) is 17.9. The van der Waals surface area contributed by atoms with Gasteiger partial charge >= 0.3 is 0 Å². The Morgan fingerprint density at radius 1 is 1.10 bits per heavy atom. The molecule has 3 nitrogen and oxygen atoms in total. The van der Waals surface area contributed by atoms with Crippen LogP contribution in [0.15, 0.2) is 18.2 Å². The lowest BCUT2D eigenvalue weighted by molar-refractivity contribution is 0.207. The number of rotatable bonds is 8. The number of nitrogens with two attached hydrogens (primary N) is 1. The van der Waals surface area contributed by atoms with Crippen molar-refractivity contribution in [1.82, 2.24) is 4.90 Å². The van der Waals surface area contributed by atoms with E-state index in [0.29, 0.717) is 11.8 Å². The van der Waals surface area contributed by atoms with Crippen molar-refractivity contribution in [1.29, 1.82) is 0 Å². The van der Waals surface area contributed by atoms with E-state index in [-0.39, 0.29) is 17.6 Å². The van der Waals surface area contributed by atoms with E-state index in [1.807, 2.05) is 6.07 Å². The van der Waals surface area contributed by atoms with Gasteiger partial charge in [0, 0.05) is 25.7 Å². The van der Waals surface area contributed by atoms with Crippen LogP contribution in [0.3, 0.4) is 0 Å². The zero-order valence-corrected chi connectivity index (χ0v) is 13.9. The Hall–Kier alpha value is -1.13. The monoisotopic (exact) mass is 296 g/mol. The third kappa shape index (κ3) is 6.02. The highest BCUT2D eigenvalue weighted by molar-refractivity contribution is 5.31. The van der Waals surface area contributed by atoms with Gasteiger partial charge in [0.05, 0.1) is 7.11 Å². The summed E-state index contributed by atoms with van der Waals surface area (Å²) in [5, 5.41) is 0. The van der Waals surface area contributed by atoms with Crippen LogP contribution in [-0.4, -0.2) is 31.6 Å². The molecule has 0 aromatic heterocycles. The van der Waals surface area contributed by atoms with Crippen molar-refractivity contribution in [3.8, 4) is 5.75 Å². The van der Waals surface area contributed by atoms with Gasteiger partial charge in [-0.25, -0.2) is 4.39 Å². The lowest BCUT2D eigenvalue weighted by Crippen LogP contribution is -2.37. The summed E-state index contributed by atoms with van der Waals surface area (Å²) in [6, 6.07) is 4.77. The summed E-state index contributed by atoms with van der Waals surface area (Å²) in [4.78, 5) is 2.36. The molecule has 1 atom stereocenters.